The number of rotatable bonds is 4. The third-order valence-corrected chi connectivity index (χ3v) is 3.00. The lowest BCUT2D eigenvalue weighted by atomic mass is 10.2. The number of furan rings is 1. The molecule has 7 nitrogen and oxygen atoms in total. The van der Waals surface area contributed by atoms with Crippen LogP contribution in [0.4, 0.5) is 0 Å². The topological polar surface area (TPSA) is 85.8 Å². The van der Waals surface area contributed by atoms with Crippen molar-refractivity contribution in [3.05, 3.63) is 59.8 Å². The highest BCUT2D eigenvalue weighted by atomic mass is 16.3. The van der Waals surface area contributed by atoms with Gasteiger partial charge in [-0.25, -0.2) is 0 Å². The number of carbonyl (C=O) groups is 1. The largest absolute Gasteiger partial charge is 0.467 e. The smallest absolute Gasteiger partial charge is 0.251 e. The number of benzene rings is 1. The Morgan fingerprint density at radius 2 is 2.10 bits per heavy atom. The molecule has 0 bridgehead atoms. The number of amides is 1. The molecule has 2 heterocycles. The standard InChI is InChI=1S/C14H13N5O2/c1-10-16-17-18-19(10)12-6-4-11(5-7-12)14(20)15-9-13-3-2-8-21-13/h2-8H,9H2,1H3,(H,15,20). The Bertz CT molecular complexity index is 731. The number of aryl methyl sites for hydroxylation is 1. The van der Waals surface area contributed by atoms with Crippen molar-refractivity contribution in [1.29, 1.82) is 0 Å². The number of nitrogens with one attached hydrogen (secondary N) is 1. The van der Waals surface area contributed by atoms with E-state index in [0.29, 0.717) is 23.7 Å². The van der Waals surface area contributed by atoms with Gasteiger partial charge in [-0.3, -0.25) is 4.79 Å². The molecule has 0 radical (unpaired) electrons. The van der Waals surface area contributed by atoms with Gasteiger partial charge in [-0.05, 0) is 53.7 Å². The monoisotopic (exact) mass is 283 g/mol. The van der Waals surface area contributed by atoms with Crippen LogP contribution in [0, 0.1) is 6.92 Å². The predicted octanol–water partition coefficient (Wildman–Crippen LogP) is 1.49. The summed E-state index contributed by atoms with van der Waals surface area (Å²) in [6, 6.07) is 10.6. The van der Waals surface area contributed by atoms with E-state index in [-0.39, 0.29) is 5.91 Å². The maximum Gasteiger partial charge on any atom is 0.251 e. The van der Waals surface area contributed by atoms with Crippen LogP contribution in [0.2, 0.25) is 0 Å². The number of carbonyl (C=O) groups excluding carboxylic acids is 1. The molecular formula is C14H13N5O2. The summed E-state index contributed by atoms with van der Waals surface area (Å²) in [7, 11) is 0. The Morgan fingerprint density at radius 1 is 1.29 bits per heavy atom. The van der Waals surface area contributed by atoms with Crippen molar-refractivity contribution >= 4 is 5.91 Å². The van der Waals surface area contributed by atoms with Gasteiger partial charge in [-0.15, -0.1) is 5.10 Å². The predicted molar refractivity (Wildman–Crippen MR) is 73.8 cm³/mol. The number of hydrogen-bond donors (Lipinski definition) is 1. The van der Waals surface area contributed by atoms with Crippen LogP contribution >= 0.6 is 0 Å². The van der Waals surface area contributed by atoms with Gasteiger partial charge in [-0.1, -0.05) is 0 Å². The second-order valence-corrected chi connectivity index (χ2v) is 4.45. The van der Waals surface area contributed by atoms with Crippen molar-refractivity contribution < 1.29 is 9.21 Å². The first-order valence-corrected chi connectivity index (χ1v) is 6.40. The van der Waals surface area contributed by atoms with Crippen LogP contribution < -0.4 is 5.32 Å². The summed E-state index contributed by atoms with van der Waals surface area (Å²) in [5, 5.41) is 14.1. The molecule has 0 fully saturated rings. The van der Waals surface area contributed by atoms with Crippen LogP contribution in [0.3, 0.4) is 0 Å². The molecule has 0 aliphatic heterocycles. The van der Waals surface area contributed by atoms with Gasteiger partial charge in [0.25, 0.3) is 5.91 Å². The summed E-state index contributed by atoms with van der Waals surface area (Å²) in [6.45, 7) is 2.17. The second kappa shape index (κ2) is 5.58. The molecule has 21 heavy (non-hydrogen) atoms. The summed E-state index contributed by atoms with van der Waals surface area (Å²) in [5.74, 6) is 1.24. The Balaban J connectivity index is 1.69. The van der Waals surface area contributed by atoms with Crippen molar-refractivity contribution in [1.82, 2.24) is 25.5 Å². The first kappa shape index (κ1) is 13.0. The Hall–Kier alpha value is -2.96. The number of tetrazole rings is 1. The first-order valence-electron chi connectivity index (χ1n) is 6.40. The Morgan fingerprint density at radius 3 is 2.71 bits per heavy atom. The summed E-state index contributed by atoms with van der Waals surface area (Å²) in [4.78, 5) is 12.0. The molecule has 2 aromatic heterocycles. The van der Waals surface area contributed by atoms with Crippen molar-refractivity contribution in [2.24, 2.45) is 0 Å². The van der Waals surface area contributed by atoms with Crippen molar-refractivity contribution in [3.63, 3.8) is 0 Å². The molecule has 0 atom stereocenters. The van der Waals surface area contributed by atoms with Gasteiger partial charge in [-0.2, -0.15) is 4.68 Å². The molecule has 7 heteroatoms. The van der Waals surface area contributed by atoms with E-state index >= 15 is 0 Å². The summed E-state index contributed by atoms with van der Waals surface area (Å²) < 4.78 is 6.76. The highest BCUT2D eigenvalue weighted by Gasteiger charge is 2.08. The van der Waals surface area contributed by atoms with Gasteiger partial charge in [0, 0.05) is 5.56 Å². The van der Waals surface area contributed by atoms with Crippen LogP contribution in [0.1, 0.15) is 21.9 Å². The van der Waals surface area contributed by atoms with Crippen molar-refractivity contribution in [2.75, 3.05) is 0 Å². The molecular weight excluding hydrogens is 270 g/mol. The number of nitrogens with zero attached hydrogens (tertiary/aromatic N) is 4. The molecule has 1 N–H and O–H groups in total. The lowest BCUT2D eigenvalue weighted by Gasteiger charge is -2.05. The molecule has 0 aliphatic rings. The zero-order valence-electron chi connectivity index (χ0n) is 11.4. The Kier molecular flexibility index (Phi) is 3.46. The van der Waals surface area contributed by atoms with Crippen molar-refractivity contribution in [3.8, 4) is 5.69 Å². The lowest BCUT2D eigenvalue weighted by molar-refractivity contribution is 0.0948. The van der Waals surface area contributed by atoms with E-state index in [2.05, 4.69) is 20.8 Å². The third-order valence-electron chi connectivity index (χ3n) is 3.00. The molecule has 0 saturated carbocycles. The Labute approximate surface area is 120 Å². The van der Waals surface area contributed by atoms with Gasteiger partial charge in [0.1, 0.15) is 5.76 Å². The molecule has 0 saturated heterocycles. The normalized spacial score (nSPS) is 10.5. The van der Waals surface area contributed by atoms with E-state index in [0.717, 1.165) is 5.69 Å². The van der Waals surface area contributed by atoms with Crippen LogP contribution in [0.15, 0.2) is 47.1 Å². The number of aromatic nitrogens is 4. The average molecular weight is 283 g/mol. The lowest BCUT2D eigenvalue weighted by Crippen LogP contribution is -2.22. The van der Waals surface area contributed by atoms with Gasteiger partial charge >= 0.3 is 0 Å². The third kappa shape index (κ3) is 2.81. The zero-order chi connectivity index (χ0) is 14.7. The quantitative estimate of drug-likeness (QED) is 0.784. The second-order valence-electron chi connectivity index (χ2n) is 4.45. The fourth-order valence-electron chi connectivity index (χ4n) is 1.91. The van der Waals surface area contributed by atoms with Gasteiger partial charge in [0.2, 0.25) is 0 Å². The van der Waals surface area contributed by atoms with Gasteiger partial charge in [0.05, 0.1) is 18.5 Å². The van der Waals surface area contributed by atoms with Gasteiger partial charge in [0.15, 0.2) is 5.82 Å². The minimum Gasteiger partial charge on any atom is -0.467 e. The molecule has 0 spiro atoms. The molecule has 3 aromatic rings. The summed E-state index contributed by atoms with van der Waals surface area (Å²) >= 11 is 0. The molecule has 1 amide bonds. The van der Waals surface area contributed by atoms with E-state index in [1.165, 1.54) is 0 Å². The van der Waals surface area contributed by atoms with Crippen LogP contribution in [-0.4, -0.2) is 26.1 Å². The van der Waals surface area contributed by atoms with Gasteiger partial charge < -0.3 is 9.73 Å². The summed E-state index contributed by atoms with van der Waals surface area (Å²) in [5.41, 5.74) is 1.37. The first-order chi connectivity index (χ1) is 10.2. The molecule has 3 rings (SSSR count). The highest BCUT2D eigenvalue weighted by Crippen LogP contribution is 2.10. The van der Waals surface area contributed by atoms with Crippen LogP contribution in [-0.2, 0) is 6.54 Å². The van der Waals surface area contributed by atoms with E-state index in [9.17, 15) is 4.79 Å². The van der Waals surface area contributed by atoms with Crippen LogP contribution in [0.25, 0.3) is 5.69 Å². The maximum atomic E-state index is 12.0. The van der Waals surface area contributed by atoms with Crippen molar-refractivity contribution in [2.45, 2.75) is 13.5 Å². The molecule has 106 valence electrons. The fraction of sp³-hybridized carbons (Fsp3) is 0.143. The molecule has 0 unspecified atom stereocenters. The zero-order valence-corrected chi connectivity index (χ0v) is 11.4. The van der Waals surface area contributed by atoms with E-state index in [1.807, 2.05) is 13.0 Å². The minimum absolute atomic E-state index is 0.161. The SMILES string of the molecule is Cc1nnnn1-c1ccc(C(=O)NCc2ccco2)cc1. The van der Waals surface area contributed by atoms with Crippen LogP contribution in [0.5, 0.6) is 0 Å². The summed E-state index contributed by atoms with van der Waals surface area (Å²) in [6.07, 6.45) is 1.57. The molecule has 0 aliphatic carbocycles. The highest BCUT2D eigenvalue weighted by molar-refractivity contribution is 5.94. The van der Waals surface area contributed by atoms with E-state index in [1.54, 1.807) is 41.3 Å². The fourth-order valence-corrected chi connectivity index (χ4v) is 1.91. The molecule has 1 aromatic carbocycles. The average Bonchev–Trinajstić information content (AvgIpc) is 3.16. The number of hydrogen-bond acceptors (Lipinski definition) is 5. The minimum atomic E-state index is -0.161. The van der Waals surface area contributed by atoms with E-state index in [4.69, 9.17) is 4.42 Å². The van der Waals surface area contributed by atoms with E-state index < -0.39 is 0 Å². The maximum absolute atomic E-state index is 12.0.